The second-order valence-electron chi connectivity index (χ2n) is 10.2. The number of methoxy groups -OCH3 is 1. The molecule has 0 radical (unpaired) electrons. The Hall–Kier alpha value is -2.72. The van der Waals surface area contributed by atoms with Crippen LogP contribution in [0.3, 0.4) is 0 Å². The first kappa shape index (κ1) is 25.9. The molecule has 2 amide bonds. The largest absolute Gasteiger partial charge is 0.508 e. The van der Waals surface area contributed by atoms with E-state index in [1.807, 2.05) is 42.6 Å². The third-order valence-electron chi connectivity index (χ3n) is 7.70. The molecule has 7 nitrogen and oxygen atoms in total. The Morgan fingerprint density at radius 1 is 1.24 bits per heavy atom. The third kappa shape index (κ3) is 5.32. The number of nitrogens with zero attached hydrogens (tertiary/aromatic N) is 1. The number of carbonyl (C=O) groups is 2. The van der Waals surface area contributed by atoms with Crippen LogP contribution in [0.1, 0.15) is 36.6 Å². The zero-order valence-electron chi connectivity index (χ0n) is 21.1. The maximum atomic E-state index is 13.6. The molecule has 0 unspecified atom stereocenters. The number of carbonyl (C=O) groups excluding carboxylic acids is 2. The van der Waals surface area contributed by atoms with Gasteiger partial charge in [-0.25, -0.2) is 0 Å². The Kier molecular flexibility index (Phi) is 7.67. The zero-order chi connectivity index (χ0) is 26.1. The number of amides is 2. The van der Waals surface area contributed by atoms with Gasteiger partial charge in [0.15, 0.2) is 0 Å². The number of phenols is 1. The Balaban J connectivity index is 1.39. The molecule has 194 valence electrons. The van der Waals surface area contributed by atoms with E-state index in [9.17, 15) is 19.7 Å². The molecule has 37 heavy (non-hydrogen) atoms. The topological polar surface area (TPSA) is 96.3 Å². The lowest BCUT2D eigenvalue weighted by Crippen LogP contribution is -2.46. The maximum Gasteiger partial charge on any atom is 0.455 e. The Morgan fingerprint density at radius 2 is 2.08 bits per heavy atom. The summed E-state index contributed by atoms with van der Waals surface area (Å²) in [6.07, 6.45) is 3.79. The van der Waals surface area contributed by atoms with E-state index in [1.54, 1.807) is 19.2 Å². The van der Waals surface area contributed by atoms with E-state index in [4.69, 9.17) is 9.39 Å². The van der Waals surface area contributed by atoms with Gasteiger partial charge in [0.2, 0.25) is 11.8 Å². The highest BCUT2D eigenvalue weighted by Gasteiger charge is 2.57. The van der Waals surface area contributed by atoms with E-state index < -0.39 is 19.0 Å². The summed E-state index contributed by atoms with van der Waals surface area (Å²) in [7, 11) is 0.639. The van der Waals surface area contributed by atoms with Crippen molar-refractivity contribution in [2.24, 2.45) is 17.8 Å². The van der Waals surface area contributed by atoms with Gasteiger partial charge in [0, 0.05) is 12.0 Å². The molecule has 2 fully saturated rings. The number of hydrogen-bond donors (Lipinski definition) is 2. The molecular weight excluding hydrogens is 489 g/mol. The molecule has 1 aromatic carbocycles. The highest BCUT2D eigenvalue weighted by atomic mass is 32.1. The second-order valence-corrected chi connectivity index (χ2v) is 11.2. The van der Waals surface area contributed by atoms with E-state index in [0.29, 0.717) is 32.3 Å². The summed E-state index contributed by atoms with van der Waals surface area (Å²) in [6.45, 7) is 2.70. The Labute approximate surface area is 221 Å². The summed E-state index contributed by atoms with van der Waals surface area (Å²) in [5.41, 5.74) is 4.07. The third-order valence-corrected chi connectivity index (χ3v) is 8.56. The van der Waals surface area contributed by atoms with E-state index in [-0.39, 0.29) is 29.6 Å². The van der Waals surface area contributed by atoms with Gasteiger partial charge in [-0.05, 0) is 78.7 Å². The number of allylic oxidation sites excluding steroid dienone is 1. The summed E-state index contributed by atoms with van der Waals surface area (Å²) < 4.78 is 11.6. The number of hydrogen-bond acceptors (Lipinski definition) is 7. The van der Waals surface area contributed by atoms with Gasteiger partial charge in [-0.1, -0.05) is 29.8 Å². The first-order valence-corrected chi connectivity index (χ1v) is 13.6. The zero-order valence-corrected chi connectivity index (χ0v) is 21.9. The first-order chi connectivity index (χ1) is 17.9. The molecule has 2 saturated heterocycles. The van der Waals surface area contributed by atoms with E-state index >= 15 is 0 Å². The van der Waals surface area contributed by atoms with Crippen molar-refractivity contribution in [3.63, 3.8) is 0 Å². The van der Waals surface area contributed by atoms with Gasteiger partial charge in [-0.3, -0.25) is 14.5 Å². The Bertz CT molecular complexity index is 1230. The molecule has 2 aromatic rings. The summed E-state index contributed by atoms with van der Waals surface area (Å²) >= 11 is 1.53. The molecule has 0 bridgehead atoms. The predicted octanol–water partition coefficient (Wildman–Crippen LogP) is 4.28. The van der Waals surface area contributed by atoms with Gasteiger partial charge in [0.1, 0.15) is 5.75 Å². The number of imide groups is 1. The molecule has 3 aliphatic rings. The average molecular weight is 521 g/mol. The van der Waals surface area contributed by atoms with Gasteiger partial charge in [0.25, 0.3) is 0 Å². The minimum Gasteiger partial charge on any atom is -0.508 e. The summed E-state index contributed by atoms with van der Waals surface area (Å²) in [6, 6.07) is 11.0. The van der Waals surface area contributed by atoms with Gasteiger partial charge in [-0.15, -0.1) is 11.3 Å². The Morgan fingerprint density at radius 3 is 2.81 bits per heavy atom. The molecule has 1 aliphatic carbocycles. The fourth-order valence-corrected chi connectivity index (χ4v) is 6.87. The molecule has 0 saturated carbocycles. The molecule has 2 N–H and O–H groups in total. The van der Waals surface area contributed by atoms with Crippen molar-refractivity contribution >= 4 is 36.3 Å². The number of benzene rings is 1. The molecule has 9 heteroatoms. The monoisotopic (exact) mass is 521 g/mol. The van der Waals surface area contributed by atoms with Crippen LogP contribution >= 0.6 is 11.3 Å². The van der Waals surface area contributed by atoms with Crippen molar-refractivity contribution < 1.29 is 29.1 Å². The van der Waals surface area contributed by atoms with Gasteiger partial charge >= 0.3 is 7.12 Å². The van der Waals surface area contributed by atoms with Crippen LogP contribution in [-0.2, 0) is 25.5 Å². The molecule has 5 rings (SSSR count). The van der Waals surface area contributed by atoms with Crippen LogP contribution in [0, 0.1) is 17.8 Å². The van der Waals surface area contributed by atoms with Crippen LogP contribution in [0.25, 0.3) is 6.08 Å². The van der Waals surface area contributed by atoms with Crippen molar-refractivity contribution in [3.05, 3.63) is 68.9 Å². The lowest BCUT2D eigenvalue weighted by atomic mass is 9.58. The summed E-state index contributed by atoms with van der Waals surface area (Å²) in [5.74, 6) is -1.21. The van der Waals surface area contributed by atoms with E-state index in [2.05, 4.69) is 0 Å². The number of rotatable bonds is 8. The quantitative estimate of drug-likeness (QED) is 0.306. The van der Waals surface area contributed by atoms with Crippen LogP contribution in [0.15, 0.2) is 58.5 Å². The molecule has 3 heterocycles. The average Bonchev–Trinajstić information content (AvgIpc) is 3.45. The van der Waals surface area contributed by atoms with Crippen LogP contribution < -0.4 is 0 Å². The molecule has 0 spiro atoms. The van der Waals surface area contributed by atoms with Gasteiger partial charge in [-0.2, -0.15) is 0 Å². The van der Waals surface area contributed by atoms with Crippen LogP contribution in [0.2, 0.25) is 6.32 Å². The van der Waals surface area contributed by atoms with Crippen molar-refractivity contribution in [3.8, 4) is 5.75 Å². The normalized spacial score (nSPS) is 26.1. The van der Waals surface area contributed by atoms with Crippen LogP contribution in [0.5, 0.6) is 5.75 Å². The lowest BCUT2D eigenvalue weighted by molar-refractivity contribution is -0.140. The van der Waals surface area contributed by atoms with Crippen molar-refractivity contribution in [1.29, 1.82) is 0 Å². The number of aromatic hydroxyl groups is 1. The molecule has 1 aromatic heterocycles. The standard InChI is InChI=1S/C28H32BNO6S/c1-17(11-18-5-3-6-20(31)12-18)8-9-24-25-19(16-35-2)13-22-26(23(25)14-29(34)36-24)28(33)30(27(22)32)15-21-7-4-10-37-21/h3-7,10-12,22-24,26,31,34H,8-9,13-16H2,1-2H3/b17-11+/t22-,23+,24-,26-/m1/s1. The number of likely N-dealkylation sites (tertiary alicyclic amines) is 1. The van der Waals surface area contributed by atoms with Gasteiger partial charge < -0.3 is 19.5 Å². The minimum atomic E-state index is -0.995. The number of fused-ring (bicyclic) bond motifs is 3. The fourth-order valence-electron chi connectivity index (χ4n) is 6.18. The molecular formula is C28H32BNO6S. The number of ether oxygens (including phenoxy) is 1. The SMILES string of the molecule is COCC1=C2[C@@H](CC/C(C)=C/c3cccc(O)c3)OB(O)C[C@@H]2[C@@H]2C(=O)N(Cc3cccs3)C(=O)[C@@H]2C1. The fraction of sp³-hybridized carbons (Fsp3) is 0.429. The maximum absolute atomic E-state index is 13.6. The first-order valence-electron chi connectivity index (χ1n) is 12.7. The predicted molar refractivity (Wildman–Crippen MR) is 143 cm³/mol. The van der Waals surface area contributed by atoms with Crippen LogP contribution in [0.4, 0.5) is 0 Å². The molecule has 4 atom stereocenters. The smallest absolute Gasteiger partial charge is 0.455 e. The number of phenolic OH excluding ortho intramolecular Hbond substituents is 1. The van der Waals surface area contributed by atoms with Gasteiger partial charge in [0.05, 0.1) is 31.1 Å². The summed E-state index contributed by atoms with van der Waals surface area (Å²) in [4.78, 5) is 29.4. The second kappa shape index (κ2) is 11.0. The summed E-state index contributed by atoms with van der Waals surface area (Å²) in [5, 5.41) is 22.4. The van der Waals surface area contributed by atoms with E-state index in [0.717, 1.165) is 33.6 Å². The van der Waals surface area contributed by atoms with Crippen molar-refractivity contribution in [2.45, 2.75) is 45.2 Å². The molecule has 2 aliphatic heterocycles. The highest BCUT2D eigenvalue weighted by Crippen LogP contribution is 2.51. The van der Waals surface area contributed by atoms with E-state index in [1.165, 1.54) is 16.2 Å². The number of thiophene rings is 1. The van der Waals surface area contributed by atoms with Crippen molar-refractivity contribution in [2.75, 3.05) is 13.7 Å². The van der Waals surface area contributed by atoms with Crippen molar-refractivity contribution in [1.82, 2.24) is 4.90 Å². The highest BCUT2D eigenvalue weighted by molar-refractivity contribution is 7.09. The van der Waals surface area contributed by atoms with Crippen LogP contribution in [-0.4, -0.2) is 53.8 Å². The lowest BCUT2D eigenvalue weighted by Gasteiger charge is -2.43. The minimum absolute atomic E-state index is 0.126.